The number of aromatic nitrogens is 4. The lowest BCUT2D eigenvalue weighted by Crippen LogP contribution is -2.29. The number of fused-ring (bicyclic) bond motifs is 10. The molecule has 0 fully saturated rings. The molecular formula is C25H20N4. The Morgan fingerprint density at radius 1 is 0.621 bits per heavy atom. The smallest absolute Gasteiger partial charge is 0.110 e. The van der Waals surface area contributed by atoms with Gasteiger partial charge in [0, 0.05) is 46.0 Å². The van der Waals surface area contributed by atoms with Crippen LogP contribution in [0.5, 0.6) is 0 Å². The first kappa shape index (κ1) is 16.5. The molecule has 0 N–H and O–H groups in total. The minimum Gasteiger partial charge on any atom is -0.256 e. The zero-order valence-corrected chi connectivity index (χ0v) is 16.9. The molecule has 4 heteroatoms. The maximum atomic E-state index is 5.08. The summed E-state index contributed by atoms with van der Waals surface area (Å²) in [7, 11) is 0. The summed E-state index contributed by atoms with van der Waals surface area (Å²) in [4.78, 5) is 19.9. The van der Waals surface area contributed by atoms with E-state index in [0.717, 1.165) is 67.5 Å². The van der Waals surface area contributed by atoms with Crippen LogP contribution in [0.25, 0.3) is 22.5 Å². The Kier molecular flexibility index (Phi) is 3.05. The van der Waals surface area contributed by atoms with Crippen molar-refractivity contribution in [2.45, 2.75) is 33.1 Å². The van der Waals surface area contributed by atoms with Gasteiger partial charge in [-0.05, 0) is 63.1 Å². The van der Waals surface area contributed by atoms with Crippen molar-refractivity contribution >= 4 is 0 Å². The highest BCUT2D eigenvalue weighted by atomic mass is 14.9. The molecule has 0 atom stereocenters. The molecule has 140 valence electrons. The van der Waals surface area contributed by atoms with Gasteiger partial charge in [-0.3, -0.25) is 19.9 Å². The van der Waals surface area contributed by atoms with Crippen LogP contribution in [0.4, 0.5) is 0 Å². The van der Waals surface area contributed by atoms with E-state index in [9.17, 15) is 0 Å². The Morgan fingerprint density at radius 3 is 1.52 bits per heavy atom. The molecule has 0 aromatic carbocycles. The summed E-state index contributed by atoms with van der Waals surface area (Å²) in [5.41, 5.74) is 12.3. The summed E-state index contributed by atoms with van der Waals surface area (Å²) in [6.45, 7) is 8.28. The van der Waals surface area contributed by atoms with Gasteiger partial charge < -0.3 is 0 Å². The highest BCUT2D eigenvalue weighted by molar-refractivity contribution is 5.91. The standard InChI is InChI=1S/C25H20N4/c1-13-9-19-21(26-11-13)17-7-5-15(3)28-23(17)25(19)20-10-14(2)12-27-22(20)18-8-6-16(4)29-24(18)25/h5-12H,1-4H3. The molecule has 29 heavy (non-hydrogen) atoms. The van der Waals surface area contributed by atoms with Gasteiger partial charge in [0.1, 0.15) is 5.41 Å². The van der Waals surface area contributed by atoms with Crippen molar-refractivity contribution < 1.29 is 0 Å². The fourth-order valence-electron chi connectivity index (χ4n) is 4.97. The number of pyridine rings is 4. The van der Waals surface area contributed by atoms with E-state index in [1.54, 1.807) is 0 Å². The molecule has 1 spiro atoms. The first-order valence-corrected chi connectivity index (χ1v) is 9.91. The summed E-state index contributed by atoms with van der Waals surface area (Å²) in [6.07, 6.45) is 3.88. The third-order valence-electron chi connectivity index (χ3n) is 6.15. The maximum Gasteiger partial charge on any atom is 0.110 e. The van der Waals surface area contributed by atoms with Gasteiger partial charge in [-0.2, -0.15) is 0 Å². The number of hydrogen-bond acceptors (Lipinski definition) is 4. The zero-order valence-electron chi connectivity index (χ0n) is 16.9. The van der Waals surface area contributed by atoms with Crippen LogP contribution in [0.3, 0.4) is 0 Å². The van der Waals surface area contributed by atoms with Crippen LogP contribution < -0.4 is 0 Å². The van der Waals surface area contributed by atoms with Gasteiger partial charge in [0.2, 0.25) is 0 Å². The fourth-order valence-corrected chi connectivity index (χ4v) is 4.97. The molecule has 4 aromatic heterocycles. The Morgan fingerprint density at radius 2 is 1.07 bits per heavy atom. The van der Waals surface area contributed by atoms with Crippen molar-refractivity contribution in [1.29, 1.82) is 0 Å². The first-order valence-electron chi connectivity index (χ1n) is 9.91. The average molecular weight is 376 g/mol. The van der Waals surface area contributed by atoms with Crippen LogP contribution in [0.2, 0.25) is 0 Å². The molecule has 0 bridgehead atoms. The van der Waals surface area contributed by atoms with Crippen molar-refractivity contribution in [3.63, 3.8) is 0 Å². The fraction of sp³-hybridized carbons (Fsp3) is 0.200. The van der Waals surface area contributed by atoms with Crippen molar-refractivity contribution in [2.75, 3.05) is 0 Å². The minimum atomic E-state index is -0.564. The zero-order chi connectivity index (χ0) is 19.9. The van der Waals surface area contributed by atoms with Gasteiger partial charge in [0.25, 0.3) is 0 Å². The minimum absolute atomic E-state index is 0.564. The number of rotatable bonds is 0. The third-order valence-corrected chi connectivity index (χ3v) is 6.15. The van der Waals surface area contributed by atoms with Crippen molar-refractivity contribution in [2.24, 2.45) is 0 Å². The molecule has 6 rings (SSSR count). The molecule has 0 radical (unpaired) electrons. The monoisotopic (exact) mass is 376 g/mol. The highest BCUT2D eigenvalue weighted by Gasteiger charge is 2.55. The topological polar surface area (TPSA) is 51.6 Å². The summed E-state index contributed by atoms with van der Waals surface area (Å²) in [6, 6.07) is 13.0. The van der Waals surface area contributed by atoms with Crippen LogP contribution in [0, 0.1) is 27.7 Å². The molecular weight excluding hydrogens is 356 g/mol. The predicted octanol–water partition coefficient (Wildman–Crippen LogP) is 4.84. The average Bonchev–Trinajstić information content (AvgIpc) is 3.13. The molecule has 0 unspecified atom stereocenters. The molecule has 2 aliphatic rings. The van der Waals surface area contributed by atoms with Gasteiger partial charge in [0.15, 0.2) is 0 Å². The molecule has 0 amide bonds. The second-order valence-electron chi connectivity index (χ2n) is 8.27. The second kappa shape index (κ2) is 5.35. The van der Waals surface area contributed by atoms with E-state index in [2.05, 4.69) is 50.2 Å². The van der Waals surface area contributed by atoms with Crippen molar-refractivity contribution in [3.05, 3.63) is 93.8 Å². The molecule has 4 aromatic rings. The van der Waals surface area contributed by atoms with E-state index >= 15 is 0 Å². The van der Waals surface area contributed by atoms with Gasteiger partial charge in [-0.1, -0.05) is 12.1 Å². The van der Waals surface area contributed by atoms with Crippen LogP contribution in [-0.2, 0) is 5.41 Å². The van der Waals surface area contributed by atoms with Crippen molar-refractivity contribution in [3.8, 4) is 22.5 Å². The third kappa shape index (κ3) is 1.93. The SMILES string of the molecule is Cc1cnc2c(c1)C1(c3cc(C)cnc3-c3ccc(C)nc31)c1nc(C)ccc1-2. The summed E-state index contributed by atoms with van der Waals surface area (Å²) in [5, 5.41) is 0. The lowest BCUT2D eigenvalue weighted by Gasteiger charge is -2.28. The Balaban J connectivity index is 1.88. The highest BCUT2D eigenvalue weighted by Crippen LogP contribution is 2.60. The molecule has 4 heterocycles. The maximum absolute atomic E-state index is 5.08. The van der Waals surface area contributed by atoms with Gasteiger partial charge in [-0.15, -0.1) is 0 Å². The van der Waals surface area contributed by atoms with E-state index < -0.39 is 5.41 Å². The first-order chi connectivity index (χ1) is 14.0. The van der Waals surface area contributed by atoms with Gasteiger partial charge in [-0.25, -0.2) is 0 Å². The summed E-state index contributed by atoms with van der Waals surface area (Å²) >= 11 is 0. The normalized spacial score (nSPS) is 14.5. The lowest BCUT2D eigenvalue weighted by molar-refractivity contribution is 0.720. The Hall–Kier alpha value is -3.40. The van der Waals surface area contributed by atoms with Crippen LogP contribution in [0.15, 0.2) is 48.8 Å². The molecule has 4 nitrogen and oxygen atoms in total. The number of aryl methyl sites for hydroxylation is 4. The predicted molar refractivity (Wildman–Crippen MR) is 113 cm³/mol. The van der Waals surface area contributed by atoms with E-state index in [1.165, 1.54) is 0 Å². The van der Waals surface area contributed by atoms with Gasteiger partial charge >= 0.3 is 0 Å². The van der Waals surface area contributed by atoms with Gasteiger partial charge in [0.05, 0.1) is 22.8 Å². The second-order valence-corrected chi connectivity index (χ2v) is 8.27. The number of hydrogen-bond donors (Lipinski definition) is 0. The van der Waals surface area contributed by atoms with Crippen LogP contribution in [0.1, 0.15) is 45.0 Å². The summed E-state index contributed by atoms with van der Waals surface area (Å²) < 4.78 is 0. The molecule has 0 saturated heterocycles. The molecule has 0 aliphatic heterocycles. The van der Waals surface area contributed by atoms with Crippen LogP contribution >= 0.6 is 0 Å². The van der Waals surface area contributed by atoms with E-state index in [-0.39, 0.29) is 0 Å². The quantitative estimate of drug-likeness (QED) is 0.380. The van der Waals surface area contributed by atoms with Crippen LogP contribution in [-0.4, -0.2) is 19.9 Å². The molecule has 2 aliphatic carbocycles. The Bertz CT molecular complexity index is 1140. The molecule has 0 saturated carbocycles. The Labute approximate surface area is 169 Å². The van der Waals surface area contributed by atoms with Crippen molar-refractivity contribution in [1.82, 2.24) is 19.9 Å². The largest absolute Gasteiger partial charge is 0.256 e. The van der Waals surface area contributed by atoms with E-state index in [4.69, 9.17) is 19.9 Å². The lowest BCUT2D eigenvalue weighted by atomic mass is 9.74. The number of nitrogens with zero attached hydrogens (tertiary/aromatic N) is 4. The van der Waals surface area contributed by atoms with E-state index in [0.29, 0.717) is 0 Å². The van der Waals surface area contributed by atoms with E-state index in [1.807, 2.05) is 26.2 Å². The summed E-state index contributed by atoms with van der Waals surface area (Å²) in [5.74, 6) is 0.